The predicted molar refractivity (Wildman–Crippen MR) is 138 cm³/mol. The number of carboxylic acids is 1. The monoisotopic (exact) mass is 555 g/mol. The lowest BCUT2D eigenvalue weighted by Crippen LogP contribution is -2.42. The number of aliphatic hydroxyl groups excluding tert-OH is 1. The third-order valence-corrected chi connectivity index (χ3v) is 6.90. The van der Waals surface area contributed by atoms with Crippen LogP contribution in [0.25, 0.3) is 16.7 Å². The zero-order chi connectivity index (χ0) is 28.7. The highest BCUT2D eigenvalue weighted by atomic mass is 19.3. The zero-order valence-corrected chi connectivity index (χ0v) is 21.3. The molecule has 4 aromatic rings. The van der Waals surface area contributed by atoms with E-state index in [1.807, 2.05) is 6.92 Å². The van der Waals surface area contributed by atoms with Crippen LogP contribution in [0.3, 0.4) is 0 Å². The lowest BCUT2D eigenvalue weighted by Gasteiger charge is -2.34. The van der Waals surface area contributed by atoms with Crippen LogP contribution in [0.1, 0.15) is 46.8 Å². The van der Waals surface area contributed by atoms with E-state index >= 15 is 0 Å². The van der Waals surface area contributed by atoms with Crippen LogP contribution in [0.5, 0.6) is 5.75 Å². The fourth-order valence-corrected chi connectivity index (χ4v) is 5.08. The maximum atomic E-state index is 14.2. The minimum Gasteiger partial charge on any atom is -0.478 e. The van der Waals surface area contributed by atoms with E-state index in [2.05, 4.69) is 9.72 Å². The number of hydrogen-bond donors (Lipinski definition) is 2. The number of amides is 1. The van der Waals surface area contributed by atoms with Gasteiger partial charge in [0.05, 0.1) is 29.4 Å². The maximum Gasteiger partial charge on any atom is 0.414 e. The standard InChI is InChI=1S/C28H24F3N3O6/c1-14-6-8-18-20(33(14)28(38)39-2)9-10-21-23(18)32-25(34(21)17-5-3-4-15(12-17)26(36)37)24(35)19-13-16(29)7-11-22(19)40-27(30)31/h3-5,7,9-14,24,27,35H,6,8H2,1-2H3,(H,36,37)/t14-,24-/m0/s1. The summed E-state index contributed by atoms with van der Waals surface area (Å²) in [5.74, 6) is -2.54. The molecule has 0 unspecified atom stereocenters. The third-order valence-electron chi connectivity index (χ3n) is 6.90. The largest absolute Gasteiger partial charge is 0.478 e. The second kappa shape index (κ2) is 10.5. The molecule has 1 amide bonds. The molecule has 0 aliphatic carbocycles. The van der Waals surface area contributed by atoms with E-state index in [9.17, 15) is 33.0 Å². The number of hydrogen-bond acceptors (Lipinski definition) is 6. The van der Waals surface area contributed by atoms with E-state index < -0.39 is 36.3 Å². The van der Waals surface area contributed by atoms with Crippen LogP contribution in [-0.2, 0) is 11.2 Å². The Labute approximate surface area is 226 Å². The molecule has 1 aliphatic heterocycles. The Morgan fingerprint density at radius 2 is 1.90 bits per heavy atom. The number of anilines is 1. The topological polar surface area (TPSA) is 114 Å². The first-order chi connectivity index (χ1) is 19.1. The summed E-state index contributed by atoms with van der Waals surface area (Å²) in [5.41, 5.74) is 2.02. The molecule has 0 bridgehead atoms. The van der Waals surface area contributed by atoms with Crippen molar-refractivity contribution in [1.29, 1.82) is 0 Å². The van der Waals surface area contributed by atoms with E-state index in [1.54, 1.807) is 18.2 Å². The van der Waals surface area contributed by atoms with E-state index in [0.717, 1.165) is 18.2 Å². The molecule has 0 radical (unpaired) electrons. The number of aromatic carboxylic acids is 1. The molecule has 9 nitrogen and oxygen atoms in total. The van der Waals surface area contributed by atoms with Crippen molar-refractivity contribution in [3.63, 3.8) is 0 Å². The number of ether oxygens (including phenoxy) is 2. The van der Waals surface area contributed by atoms with Gasteiger partial charge >= 0.3 is 18.7 Å². The van der Waals surface area contributed by atoms with Gasteiger partial charge in [-0.05, 0) is 68.3 Å². The Morgan fingerprint density at radius 1 is 1.12 bits per heavy atom. The normalized spacial score (nSPS) is 15.7. The molecule has 40 heavy (non-hydrogen) atoms. The van der Waals surface area contributed by atoms with Crippen molar-refractivity contribution in [3.8, 4) is 11.4 Å². The minimum atomic E-state index is -3.24. The predicted octanol–water partition coefficient (Wildman–Crippen LogP) is 5.45. The van der Waals surface area contributed by atoms with Gasteiger partial charge in [-0.3, -0.25) is 9.47 Å². The van der Waals surface area contributed by atoms with Gasteiger partial charge in [-0.25, -0.2) is 19.0 Å². The van der Waals surface area contributed by atoms with Crippen molar-refractivity contribution in [2.24, 2.45) is 0 Å². The van der Waals surface area contributed by atoms with Crippen LogP contribution >= 0.6 is 0 Å². The Bertz CT molecular complexity index is 1620. The SMILES string of the molecule is COC(=O)N1c2ccc3c(nc([C@@H](O)c4cc(F)ccc4OC(F)F)n3-c3cccc(C(=O)O)c3)c2CC[C@@H]1C. The smallest absolute Gasteiger partial charge is 0.414 e. The van der Waals surface area contributed by atoms with Crippen molar-refractivity contribution >= 4 is 28.8 Å². The lowest BCUT2D eigenvalue weighted by molar-refractivity contribution is -0.0514. The van der Waals surface area contributed by atoms with Crippen LogP contribution in [0.2, 0.25) is 0 Å². The fraction of sp³-hybridized carbons (Fsp3) is 0.250. The number of methoxy groups -OCH3 is 1. The Morgan fingerprint density at radius 3 is 2.60 bits per heavy atom. The first-order valence-electron chi connectivity index (χ1n) is 12.3. The van der Waals surface area contributed by atoms with E-state index in [1.165, 1.54) is 34.8 Å². The highest BCUT2D eigenvalue weighted by Crippen LogP contribution is 2.40. The molecule has 1 aromatic heterocycles. The number of rotatable bonds is 6. The highest BCUT2D eigenvalue weighted by molar-refractivity contribution is 5.96. The molecular weight excluding hydrogens is 531 g/mol. The van der Waals surface area contributed by atoms with Gasteiger partial charge in [0.15, 0.2) is 0 Å². The number of carboxylic acid groups (broad SMARTS) is 1. The summed E-state index contributed by atoms with van der Waals surface area (Å²) < 4.78 is 51.5. The molecule has 0 saturated heterocycles. The van der Waals surface area contributed by atoms with Gasteiger partial charge in [0.1, 0.15) is 23.5 Å². The van der Waals surface area contributed by atoms with E-state index in [0.29, 0.717) is 40.8 Å². The van der Waals surface area contributed by atoms with Gasteiger partial charge in [0.25, 0.3) is 0 Å². The number of aryl methyl sites for hydroxylation is 1. The molecule has 2 atom stereocenters. The summed E-state index contributed by atoms with van der Waals surface area (Å²) in [4.78, 5) is 30.5. The van der Waals surface area contributed by atoms with Crippen LogP contribution in [0.15, 0.2) is 54.6 Å². The van der Waals surface area contributed by atoms with Crippen molar-refractivity contribution in [2.75, 3.05) is 12.0 Å². The van der Waals surface area contributed by atoms with Crippen molar-refractivity contribution in [1.82, 2.24) is 9.55 Å². The molecule has 208 valence electrons. The summed E-state index contributed by atoms with van der Waals surface area (Å²) in [6.07, 6.45) is -1.23. The average Bonchev–Trinajstić information content (AvgIpc) is 3.33. The molecule has 0 saturated carbocycles. The first-order valence-corrected chi connectivity index (χ1v) is 12.3. The maximum absolute atomic E-state index is 14.2. The van der Waals surface area contributed by atoms with Gasteiger partial charge < -0.3 is 19.7 Å². The van der Waals surface area contributed by atoms with Crippen LogP contribution in [-0.4, -0.2) is 51.6 Å². The number of halogens is 3. The van der Waals surface area contributed by atoms with E-state index in [-0.39, 0.29) is 23.0 Å². The quantitative estimate of drug-likeness (QED) is 0.325. The van der Waals surface area contributed by atoms with Crippen molar-refractivity contribution in [2.45, 2.75) is 38.5 Å². The van der Waals surface area contributed by atoms with Crippen LogP contribution in [0, 0.1) is 5.82 Å². The van der Waals surface area contributed by atoms with Gasteiger partial charge in [-0.1, -0.05) is 6.07 Å². The second-order valence-electron chi connectivity index (χ2n) is 9.28. The number of carbonyl (C=O) groups excluding carboxylic acids is 1. The number of alkyl halides is 2. The summed E-state index contributed by atoms with van der Waals surface area (Å²) in [5, 5.41) is 21.0. The summed E-state index contributed by atoms with van der Waals surface area (Å²) in [6.45, 7) is -1.36. The molecule has 1 aliphatic rings. The number of fused-ring (bicyclic) bond motifs is 3. The van der Waals surface area contributed by atoms with Gasteiger partial charge in [0.2, 0.25) is 0 Å². The Balaban J connectivity index is 1.79. The molecule has 12 heteroatoms. The number of benzene rings is 3. The number of carbonyl (C=O) groups is 2. The summed E-state index contributed by atoms with van der Waals surface area (Å²) in [6, 6.07) is 11.8. The summed E-state index contributed by atoms with van der Waals surface area (Å²) >= 11 is 0. The number of imidazole rings is 1. The fourth-order valence-electron chi connectivity index (χ4n) is 5.08. The molecule has 5 rings (SSSR count). The van der Waals surface area contributed by atoms with Crippen molar-refractivity contribution < 1.29 is 42.4 Å². The van der Waals surface area contributed by atoms with Gasteiger partial charge in [-0.2, -0.15) is 8.78 Å². The Kier molecular flexibility index (Phi) is 7.11. The average molecular weight is 556 g/mol. The summed E-state index contributed by atoms with van der Waals surface area (Å²) in [7, 11) is 1.28. The van der Waals surface area contributed by atoms with Crippen LogP contribution in [0.4, 0.5) is 23.7 Å². The van der Waals surface area contributed by atoms with Gasteiger partial charge in [0, 0.05) is 22.9 Å². The third kappa shape index (κ3) is 4.70. The number of nitrogens with zero attached hydrogens (tertiary/aromatic N) is 3. The molecular formula is C28H24F3N3O6. The molecule has 3 aromatic carbocycles. The lowest BCUT2D eigenvalue weighted by atomic mass is 9.96. The first kappa shape index (κ1) is 27.0. The Hall–Kier alpha value is -4.58. The van der Waals surface area contributed by atoms with Crippen molar-refractivity contribution in [3.05, 3.63) is 82.9 Å². The molecule has 2 N–H and O–H groups in total. The highest BCUT2D eigenvalue weighted by Gasteiger charge is 2.33. The van der Waals surface area contributed by atoms with Gasteiger partial charge in [-0.15, -0.1) is 0 Å². The zero-order valence-electron chi connectivity index (χ0n) is 21.3. The molecule has 0 fully saturated rings. The van der Waals surface area contributed by atoms with E-state index in [4.69, 9.17) is 4.74 Å². The number of aromatic nitrogens is 2. The van der Waals surface area contributed by atoms with Crippen LogP contribution < -0.4 is 9.64 Å². The number of aliphatic hydroxyl groups is 1. The second-order valence-corrected chi connectivity index (χ2v) is 9.28. The molecule has 2 heterocycles. The minimum absolute atomic E-state index is 0.0454. The molecule has 0 spiro atoms.